The number of hydrogen-bond donors (Lipinski definition) is 1. The van der Waals surface area contributed by atoms with E-state index in [1.807, 2.05) is 18.2 Å². The standard InChI is InChI=1S/C20H21N3O4S/c1-4-14(20(26)27-5-2)23-11-21-18-15(19(23)25)12(3)16(28-18)17(24)22-13-9-7-6-8-10-13/h6-11,14H,4-5H2,1-3H3,(H,22,24)/t14-/m0/s1. The molecule has 3 aromatic rings. The molecule has 8 heteroatoms. The number of amides is 1. The first kappa shape index (κ1) is 19.8. The summed E-state index contributed by atoms with van der Waals surface area (Å²) in [4.78, 5) is 43.1. The van der Waals surface area contributed by atoms with Crippen LogP contribution in [0.2, 0.25) is 0 Å². The maximum absolute atomic E-state index is 13.0. The minimum Gasteiger partial charge on any atom is -0.464 e. The van der Waals surface area contributed by atoms with Crippen molar-refractivity contribution in [2.24, 2.45) is 0 Å². The van der Waals surface area contributed by atoms with Crippen molar-refractivity contribution in [2.75, 3.05) is 11.9 Å². The SMILES string of the molecule is CCOC(=O)[C@H](CC)n1cnc2sc(C(=O)Nc3ccccc3)c(C)c2c1=O. The number of thiophene rings is 1. The monoisotopic (exact) mass is 399 g/mol. The first-order valence-corrected chi connectivity index (χ1v) is 9.82. The van der Waals surface area contributed by atoms with E-state index in [9.17, 15) is 14.4 Å². The van der Waals surface area contributed by atoms with Gasteiger partial charge in [-0.2, -0.15) is 0 Å². The summed E-state index contributed by atoms with van der Waals surface area (Å²) in [5.74, 6) is -0.765. The van der Waals surface area contributed by atoms with Crippen LogP contribution in [0.15, 0.2) is 41.5 Å². The Morgan fingerprint density at radius 1 is 1.25 bits per heavy atom. The fourth-order valence-electron chi connectivity index (χ4n) is 3.00. The Balaban J connectivity index is 2.02. The largest absolute Gasteiger partial charge is 0.464 e. The molecule has 3 rings (SSSR count). The molecule has 1 N–H and O–H groups in total. The highest BCUT2D eigenvalue weighted by Crippen LogP contribution is 2.28. The molecule has 7 nitrogen and oxygen atoms in total. The van der Waals surface area contributed by atoms with Crippen LogP contribution in [0.5, 0.6) is 0 Å². The van der Waals surface area contributed by atoms with Gasteiger partial charge in [0.05, 0.1) is 23.2 Å². The highest BCUT2D eigenvalue weighted by Gasteiger charge is 2.25. The van der Waals surface area contributed by atoms with Gasteiger partial charge in [-0.15, -0.1) is 11.3 Å². The van der Waals surface area contributed by atoms with Crippen LogP contribution in [0.3, 0.4) is 0 Å². The van der Waals surface area contributed by atoms with Gasteiger partial charge in [0, 0.05) is 5.69 Å². The van der Waals surface area contributed by atoms with E-state index >= 15 is 0 Å². The number of nitrogens with zero attached hydrogens (tertiary/aromatic N) is 2. The van der Waals surface area contributed by atoms with Crippen molar-refractivity contribution in [3.8, 4) is 0 Å². The van der Waals surface area contributed by atoms with Gasteiger partial charge >= 0.3 is 5.97 Å². The molecule has 0 aliphatic rings. The van der Waals surface area contributed by atoms with E-state index in [1.165, 1.54) is 10.9 Å². The Hall–Kier alpha value is -3.00. The highest BCUT2D eigenvalue weighted by atomic mass is 32.1. The molecule has 0 bridgehead atoms. The zero-order valence-corrected chi connectivity index (χ0v) is 16.7. The molecule has 1 atom stereocenters. The summed E-state index contributed by atoms with van der Waals surface area (Å²) in [6.45, 7) is 5.48. The number of hydrogen-bond acceptors (Lipinski definition) is 6. The number of rotatable bonds is 6. The molecule has 0 radical (unpaired) electrons. The number of aryl methyl sites for hydroxylation is 1. The summed E-state index contributed by atoms with van der Waals surface area (Å²) in [5, 5.41) is 3.18. The van der Waals surface area contributed by atoms with Crippen LogP contribution in [0.4, 0.5) is 5.69 Å². The predicted molar refractivity (Wildman–Crippen MR) is 109 cm³/mol. The third-order valence-corrected chi connectivity index (χ3v) is 5.59. The maximum Gasteiger partial charge on any atom is 0.329 e. The van der Waals surface area contributed by atoms with Crippen LogP contribution in [0, 0.1) is 6.92 Å². The number of carbonyl (C=O) groups is 2. The summed E-state index contributed by atoms with van der Waals surface area (Å²) in [5.41, 5.74) is 0.875. The number of fused-ring (bicyclic) bond motifs is 1. The van der Waals surface area contributed by atoms with Gasteiger partial charge in [-0.1, -0.05) is 25.1 Å². The zero-order valence-electron chi connectivity index (χ0n) is 15.9. The molecule has 0 aliphatic carbocycles. The molecule has 0 spiro atoms. The van der Waals surface area contributed by atoms with E-state index in [0.29, 0.717) is 32.8 Å². The minimum atomic E-state index is -0.745. The average Bonchev–Trinajstić information content (AvgIpc) is 3.02. The second kappa shape index (κ2) is 8.35. The molecule has 1 amide bonds. The van der Waals surface area contributed by atoms with Crippen molar-refractivity contribution in [3.63, 3.8) is 0 Å². The van der Waals surface area contributed by atoms with Gasteiger partial charge in [-0.05, 0) is 38.0 Å². The van der Waals surface area contributed by atoms with Crippen molar-refractivity contribution in [1.29, 1.82) is 0 Å². The van der Waals surface area contributed by atoms with E-state index in [-0.39, 0.29) is 18.1 Å². The number of benzene rings is 1. The fourth-order valence-corrected chi connectivity index (χ4v) is 4.04. The zero-order chi connectivity index (χ0) is 20.3. The lowest BCUT2D eigenvalue weighted by Gasteiger charge is -2.16. The van der Waals surface area contributed by atoms with Crippen molar-refractivity contribution in [1.82, 2.24) is 9.55 Å². The number of para-hydroxylation sites is 1. The molecule has 0 fully saturated rings. The number of anilines is 1. The average molecular weight is 399 g/mol. The summed E-state index contributed by atoms with van der Waals surface area (Å²) >= 11 is 1.16. The Morgan fingerprint density at radius 3 is 2.61 bits per heavy atom. The summed E-state index contributed by atoms with van der Waals surface area (Å²) in [7, 11) is 0. The van der Waals surface area contributed by atoms with Crippen LogP contribution >= 0.6 is 11.3 Å². The summed E-state index contributed by atoms with van der Waals surface area (Å²) in [6, 6.07) is 8.35. The van der Waals surface area contributed by atoms with Crippen LogP contribution in [-0.4, -0.2) is 28.0 Å². The fraction of sp³-hybridized carbons (Fsp3) is 0.300. The quantitative estimate of drug-likeness (QED) is 0.641. The molecule has 2 aromatic heterocycles. The van der Waals surface area contributed by atoms with Gasteiger partial charge < -0.3 is 10.1 Å². The van der Waals surface area contributed by atoms with Gasteiger partial charge in [0.2, 0.25) is 0 Å². The molecular weight excluding hydrogens is 378 g/mol. The molecule has 146 valence electrons. The number of nitrogens with one attached hydrogen (secondary N) is 1. The topological polar surface area (TPSA) is 90.3 Å². The van der Waals surface area contributed by atoms with Gasteiger partial charge in [0.15, 0.2) is 0 Å². The highest BCUT2D eigenvalue weighted by molar-refractivity contribution is 7.20. The number of aromatic nitrogens is 2. The van der Waals surface area contributed by atoms with Crippen molar-refractivity contribution in [2.45, 2.75) is 33.2 Å². The van der Waals surface area contributed by atoms with Crippen LogP contribution < -0.4 is 10.9 Å². The van der Waals surface area contributed by atoms with Crippen molar-refractivity contribution >= 4 is 39.1 Å². The lowest BCUT2D eigenvalue weighted by molar-refractivity contribution is -0.147. The van der Waals surface area contributed by atoms with Crippen molar-refractivity contribution in [3.05, 3.63) is 57.5 Å². The van der Waals surface area contributed by atoms with Gasteiger partial charge in [-0.25, -0.2) is 9.78 Å². The van der Waals surface area contributed by atoms with Gasteiger partial charge in [-0.3, -0.25) is 14.2 Å². The molecule has 0 unspecified atom stereocenters. The predicted octanol–water partition coefficient (Wildman–Crippen LogP) is 3.53. The van der Waals surface area contributed by atoms with E-state index in [2.05, 4.69) is 10.3 Å². The first-order valence-electron chi connectivity index (χ1n) is 9.01. The number of carbonyl (C=O) groups excluding carboxylic acids is 2. The molecule has 2 heterocycles. The van der Waals surface area contributed by atoms with E-state index < -0.39 is 12.0 Å². The van der Waals surface area contributed by atoms with E-state index in [0.717, 1.165) is 11.3 Å². The van der Waals surface area contributed by atoms with E-state index in [1.54, 1.807) is 32.9 Å². The lowest BCUT2D eigenvalue weighted by atomic mass is 10.2. The van der Waals surface area contributed by atoms with Crippen LogP contribution in [0.25, 0.3) is 10.2 Å². The smallest absolute Gasteiger partial charge is 0.329 e. The first-order chi connectivity index (χ1) is 13.5. The second-order valence-corrected chi connectivity index (χ2v) is 7.19. The molecule has 0 saturated carbocycles. The Morgan fingerprint density at radius 2 is 1.96 bits per heavy atom. The maximum atomic E-state index is 13.0. The number of esters is 1. The normalized spacial score (nSPS) is 12.0. The molecule has 28 heavy (non-hydrogen) atoms. The number of ether oxygens (including phenoxy) is 1. The minimum absolute atomic E-state index is 0.237. The van der Waals surface area contributed by atoms with E-state index in [4.69, 9.17) is 4.74 Å². The molecule has 0 saturated heterocycles. The van der Waals surface area contributed by atoms with Crippen LogP contribution in [-0.2, 0) is 9.53 Å². The molecular formula is C20H21N3O4S. The van der Waals surface area contributed by atoms with Gasteiger partial charge in [0.25, 0.3) is 11.5 Å². The Kier molecular flexibility index (Phi) is 5.89. The summed E-state index contributed by atoms with van der Waals surface area (Å²) < 4.78 is 6.36. The Bertz CT molecular complexity index is 1070. The molecule has 0 aliphatic heterocycles. The Labute approximate surface area is 166 Å². The van der Waals surface area contributed by atoms with Crippen molar-refractivity contribution < 1.29 is 14.3 Å². The van der Waals surface area contributed by atoms with Gasteiger partial charge in [0.1, 0.15) is 10.9 Å². The summed E-state index contributed by atoms with van der Waals surface area (Å²) in [6.07, 6.45) is 1.75. The third-order valence-electron chi connectivity index (χ3n) is 4.39. The molecule has 1 aromatic carbocycles. The second-order valence-electron chi connectivity index (χ2n) is 6.19. The lowest BCUT2D eigenvalue weighted by Crippen LogP contribution is -2.31. The third kappa shape index (κ3) is 3.68. The van der Waals surface area contributed by atoms with Crippen LogP contribution in [0.1, 0.15) is 41.5 Å².